The molecule has 1 saturated carbocycles. The summed E-state index contributed by atoms with van der Waals surface area (Å²) in [5.41, 5.74) is 0.0863. The van der Waals surface area contributed by atoms with Gasteiger partial charge < -0.3 is 19.5 Å². The van der Waals surface area contributed by atoms with Crippen LogP contribution in [0.2, 0.25) is 0 Å². The molecule has 5 nitrogen and oxygen atoms in total. The standard InChI is InChI=1S/C20H31NO4/c1-3-23-15-16-24-18-11-9-17(10-12-18)21-19(22)20(25-4-2)13-7-5-6-8-14-20/h9-12H,3-8,13-16H2,1-2H3,(H,21,22). The van der Waals surface area contributed by atoms with E-state index in [1.807, 2.05) is 38.1 Å². The molecule has 25 heavy (non-hydrogen) atoms. The lowest BCUT2D eigenvalue weighted by Gasteiger charge is -2.31. The quantitative estimate of drug-likeness (QED) is 0.537. The first-order chi connectivity index (χ1) is 12.2. The Bertz CT molecular complexity index is 507. The van der Waals surface area contributed by atoms with Crippen molar-refractivity contribution in [1.29, 1.82) is 0 Å². The molecular weight excluding hydrogens is 318 g/mol. The minimum atomic E-state index is -0.683. The van der Waals surface area contributed by atoms with Crippen LogP contribution in [0.5, 0.6) is 5.75 Å². The lowest BCUT2D eigenvalue weighted by molar-refractivity contribution is -0.143. The number of nitrogens with one attached hydrogen (secondary N) is 1. The molecule has 0 unspecified atom stereocenters. The Hall–Kier alpha value is -1.59. The smallest absolute Gasteiger partial charge is 0.256 e. The molecule has 1 amide bonds. The lowest BCUT2D eigenvalue weighted by Crippen LogP contribution is -2.45. The van der Waals surface area contributed by atoms with Gasteiger partial charge >= 0.3 is 0 Å². The minimum Gasteiger partial charge on any atom is -0.491 e. The van der Waals surface area contributed by atoms with E-state index in [1.165, 1.54) is 12.8 Å². The van der Waals surface area contributed by atoms with Crippen LogP contribution in [0, 0.1) is 0 Å². The maximum atomic E-state index is 12.9. The molecule has 0 radical (unpaired) electrons. The predicted molar refractivity (Wildman–Crippen MR) is 99.1 cm³/mol. The van der Waals surface area contributed by atoms with E-state index in [-0.39, 0.29) is 5.91 Å². The highest BCUT2D eigenvalue weighted by Gasteiger charge is 2.39. The van der Waals surface area contributed by atoms with Gasteiger partial charge in [0, 0.05) is 18.9 Å². The number of ether oxygens (including phenoxy) is 3. The molecule has 2 rings (SSSR count). The van der Waals surface area contributed by atoms with Gasteiger partial charge in [-0.1, -0.05) is 25.7 Å². The third-order valence-electron chi connectivity index (χ3n) is 4.56. The molecule has 140 valence electrons. The summed E-state index contributed by atoms with van der Waals surface area (Å²) in [6, 6.07) is 7.46. The lowest BCUT2D eigenvalue weighted by atomic mass is 9.93. The van der Waals surface area contributed by atoms with Crippen LogP contribution in [-0.2, 0) is 14.3 Å². The number of carbonyl (C=O) groups excluding carboxylic acids is 1. The van der Waals surface area contributed by atoms with Gasteiger partial charge in [-0.2, -0.15) is 0 Å². The number of anilines is 1. The zero-order valence-electron chi connectivity index (χ0n) is 15.5. The van der Waals surface area contributed by atoms with Crippen molar-refractivity contribution in [2.45, 2.75) is 58.0 Å². The topological polar surface area (TPSA) is 56.8 Å². The Balaban J connectivity index is 1.93. The SMILES string of the molecule is CCOCCOc1ccc(NC(=O)C2(OCC)CCCCCC2)cc1. The van der Waals surface area contributed by atoms with Crippen LogP contribution in [0.3, 0.4) is 0 Å². The third-order valence-corrected chi connectivity index (χ3v) is 4.56. The molecule has 1 aliphatic carbocycles. The molecule has 5 heteroatoms. The van der Waals surface area contributed by atoms with Crippen molar-refractivity contribution in [3.05, 3.63) is 24.3 Å². The van der Waals surface area contributed by atoms with Crippen molar-refractivity contribution < 1.29 is 19.0 Å². The van der Waals surface area contributed by atoms with Gasteiger partial charge in [0.1, 0.15) is 18.0 Å². The molecular formula is C20H31NO4. The van der Waals surface area contributed by atoms with Crippen LogP contribution in [0.4, 0.5) is 5.69 Å². The van der Waals surface area contributed by atoms with Crippen LogP contribution < -0.4 is 10.1 Å². The summed E-state index contributed by atoms with van der Waals surface area (Å²) in [7, 11) is 0. The van der Waals surface area contributed by atoms with Crippen LogP contribution in [-0.4, -0.2) is 37.9 Å². The van der Waals surface area contributed by atoms with E-state index in [1.54, 1.807) is 0 Å². The Labute approximate surface area is 151 Å². The first-order valence-corrected chi connectivity index (χ1v) is 9.46. The van der Waals surface area contributed by atoms with Crippen LogP contribution in [0.25, 0.3) is 0 Å². The zero-order chi connectivity index (χ0) is 18.0. The molecule has 0 spiro atoms. The second kappa shape index (κ2) is 10.4. The van der Waals surface area contributed by atoms with Crippen molar-refractivity contribution in [2.24, 2.45) is 0 Å². The maximum Gasteiger partial charge on any atom is 0.256 e. The first-order valence-electron chi connectivity index (χ1n) is 9.46. The largest absolute Gasteiger partial charge is 0.491 e. The van der Waals surface area contributed by atoms with Crippen molar-refractivity contribution >= 4 is 11.6 Å². The number of hydrogen-bond acceptors (Lipinski definition) is 4. The monoisotopic (exact) mass is 349 g/mol. The molecule has 0 aliphatic heterocycles. The van der Waals surface area contributed by atoms with Crippen LogP contribution in [0.15, 0.2) is 24.3 Å². The minimum absolute atomic E-state index is 0.0266. The number of rotatable bonds is 9. The van der Waals surface area contributed by atoms with E-state index in [0.29, 0.717) is 26.4 Å². The highest BCUT2D eigenvalue weighted by molar-refractivity contribution is 5.97. The number of hydrogen-bond donors (Lipinski definition) is 1. The molecule has 0 heterocycles. The average Bonchev–Trinajstić information content (AvgIpc) is 2.87. The van der Waals surface area contributed by atoms with Crippen molar-refractivity contribution in [3.8, 4) is 5.75 Å². The van der Waals surface area contributed by atoms with Gasteiger partial charge in [0.2, 0.25) is 0 Å². The summed E-state index contributed by atoms with van der Waals surface area (Å²) in [5, 5.41) is 3.02. The average molecular weight is 349 g/mol. The van der Waals surface area contributed by atoms with Crippen molar-refractivity contribution in [1.82, 2.24) is 0 Å². The van der Waals surface area contributed by atoms with Gasteiger partial charge in [-0.25, -0.2) is 0 Å². The fourth-order valence-electron chi connectivity index (χ4n) is 3.26. The van der Waals surface area contributed by atoms with Crippen molar-refractivity contribution in [3.63, 3.8) is 0 Å². The predicted octanol–water partition coefficient (Wildman–Crippen LogP) is 4.17. The van der Waals surface area contributed by atoms with E-state index >= 15 is 0 Å². The van der Waals surface area contributed by atoms with E-state index in [4.69, 9.17) is 14.2 Å². The van der Waals surface area contributed by atoms with Gasteiger partial charge in [-0.05, 0) is 51.0 Å². The molecule has 1 aromatic rings. The van der Waals surface area contributed by atoms with E-state index in [9.17, 15) is 4.79 Å². The molecule has 0 bridgehead atoms. The van der Waals surface area contributed by atoms with E-state index in [2.05, 4.69) is 5.32 Å². The van der Waals surface area contributed by atoms with Gasteiger partial charge in [-0.3, -0.25) is 4.79 Å². The Kier molecular flexibility index (Phi) is 8.22. The van der Waals surface area contributed by atoms with E-state index in [0.717, 1.165) is 37.1 Å². The van der Waals surface area contributed by atoms with Gasteiger partial charge in [0.15, 0.2) is 0 Å². The fraction of sp³-hybridized carbons (Fsp3) is 0.650. The molecule has 1 aliphatic rings. The number of benzene rings is 1. The molecule has 0 atom stereocenters. The molecule has 1 N–H and O–H groups in total. The van der Waals surface area contributed by atoms with Gasteiger partial charge in [-0.15, -0.1) is 0 Å². The fourth-order valence-corrected chi connectivity index (χ4v) is 3.26. The highest BCUT2D eigenvalue weighted by atomic mass is 16.5. The molecule has 0 aromatic heterocycles. The molecule has 0 saturated heterocycles. The Morgan fingerprint density at radius 1 is 1.00 bits per heavy atom. The number of amides is 1. The Morgan fingerprint density at radius 2 is 1.68 bits per heavy atom. The maximum absolute atomic E-state index is 12.9. The van der Waals surface area contributed by atoms with Gasteiger partial charge in [0.05, 0.1) is 6.61 Å². The van der Waals surface area contributed by atoms with E-state index < -0.39 is 5.60 Å². The second-order valence-electron chi connectivity index (χ2n) is 6.37. The normalized spacial score (nSPS) is 16.9. The van der Waals surface area contributed by atoms with Crippen LogP contribution in [0.1, 0.15) is 52.4 Å². The second-order valence-corrected chi connectivity index (χ2v) is 6.37. The molecule has 1 fully saturated rings. The summed E-state index contributed by atoms with van der Waals surface area (Å²) < 4.78 is 16.8. The summed E-state index contributed by atoms with van der Waals surface area (Å²) in [5.74, 6) is 0.743. The summed E-state index contributed by atoms with van der Waals surface area (Å²) in [6.07, 6.45) is 6.03. The summed E-state index contributed by atoms with van der Waals surface area (Å²) in [4.78, 5) is 12.9. The third kappa shape index (κ3) is 6.01. The Morgan fingerprint density at radius 3 is 2.28 bits per heavy atom. The number of carbonyl (C=O) groups is 1. The summed E-state index contributed by atoms with van der Waals surface area (Å²) >= 11 is 0. The first kappa shape index (κ1) is 19.7. The highest BCUT2D eigenvalue weighted by Crippen LogP contribution is 2.32. The van der Waals surface area contributed by atoms with Crippen LogP contribution >= 0.6 is 0 Å². The molecule has 1 aromatic carbocycles. The van der Waals surface area contributed by atoms with Crippen molar-refractivity contribution in [2.75, 3.05) is 31.7 Å². The summed E-state index contributed by atoms with van der Waals surface area (Å²) in [6.45, 7) is 6.25. The van der Waals surface area contributed by atoms with Gasteiger partial charge in [0.25, 0.3) is 5.91 Å². The zero-order valence-corrected chi connectivity index (χ0v) is 15.5.